The summed E-state index contributed by atoms with van der Waals surface area (Å²) in [4.78, 5) is 0. The molecule has 0 aliphatic heterocycles. The van der Waals surface area contributed by atoms with Crippen molar-refractivity contribution in [1.82, 2.24) is 0 Å². The van der Waals surface area contributed by atoms with Crippen LogP contribution in [-0.4, -0.2) is 0 Å². The van der Waals surface area contributed by atoms with Crippen LogP contribution in [0.25, 0.3) is 16.8 Å². The van der Waals surface area contributed by atoms with E-state index >= 15 is 0 Å². The Kier molecular flexibility index (Phi) is 4.44. The minimum absolute atomic E-state index is 0.670. The van der Waals surface area contributed by atoms with Gasteiger partial charge in [0.25, 0.3) is 0 Å². The van der Waals surface area contributed by atoms with E-state index < -0.39 is 0 Å². The fraction of sp³-hybridized carbons (Fsp3) is 0.300. The van der Waals surface area contributed by atoms with Crippen LogP contribution in [0.1, 0.15) is 55.7 Å². The molecule has 0 saturated carbocycles. The highest BCUT2D eigenvalue weighted by atomic mass is 14.3. The van der Waals surface area contributed by atoms with Crippen LogP contribution in [0.15, 0.2) is 49.6 Å². The molecule has 0 N–H and O–H groups in total. The van der Waals surface area contributed by atoms with Crippen molar-refractivity contribution in [3.05, 3.63) is 66.3 Å². The average molecular weight is 264 g/mol. The molecule has 0 saturated heterocycles. The third-order valence-corrected chi connectivity index (χ3v) is 4.17. The molecule has 104 valence electrons. The molecule has 20 heavy (non-hydrogen) atoms. The fourth-order valence-corrected chi connectivity index (χ4v) is 3.44. The maximum Gasteiger partial charge on any atom is 0.00362 e. The van der Waals surface area contributed by atoms with Gasteiger partial charge in [-0.1, -0.05) is 63.3 Å². The highest BCUT2D eigenvalue weighted by Crippen LogP contribution is 2.48. The predicted octanol–water partition coefficient (Wildman–Crippen LogP) is 6.29. The van der Waals surface area contributed by atoms with Crippen molar-refractivity contribution in [3.63, 3.8) is 0 Å². The molecule has 2 aliphatic rings. The van der Waals surface area contributed by atoms with E-state index in [4.69, 9.17) is 0 Å². The molecule has 2 aromatic rings. The second-order valence-corrected chi connectivity index (χ2v) is 5.12. The summed E-state index contributed by atoms with van der Waals surface area (Å²) in [6, 6.07) is 11.3. The number of hydrogen-bond donors (Lipinski definition) is 0. The monoisotopic (exact) mass is 264 g/mol. The maximum absolute atomic E-state index is 3.00. The van der Waals surface area contributed by atoms with Crippen LogP contribution in [-0.2, 0) is 0 Å². The Morgan fingerprint density at radius 2 is 1.80 bits per heavy atom. The Hall–Kier alpha value is -1.82. The molecule has 2 aliphatic carbocycles. The smallest absolute Gasteiger partial charge is 0.00362 e. The van der Waals surface area contributed by atoms with E-state index in [9.17, 15) is 0 Å². The molecule has 0 bridgehead atoms. The number of benzene rings is 2. The van der Waals surface area contributed by atoms with Crippen molar-refractivity contribution in [1.29, 1.82) is 0 Å². The molecule has 0 radical (unpaired) electrons. The summed E-state index contributed by atoms with van der Waals surface area (Å²) in [5, 5.41) is 2.91. The van der Waals surface area contributed by atoms with Crippen LogP contribution in [0.3, 0.4) is 0 Å². The lowest BCUT2D eigenvalue weighted by Gasteiger charge is -2.17. The van der Waals surface area contributed by atoms with Crippen LogP contribution in [0.5, 0.6) is 0 Å². The second kappa shape index (κ2) is 6.09. The van der Waals surface area contributed by atoms with Gasteiger partial charge in [-0.3, -0.25) is 0 Å². The van der Waals surface area contributed by atoms with Gasteiger partial charge in [0.15, 0.2) is 0 Å². The molecule has 0 aromatic heterocycles. The summed E-state index contributed by atoms with van der Waals surface area (Å²) in [6.45, 7) is 12.4. The van der Waals surface area contributed by atoms with Crippen LogP contribution < -0.4 is 0 Å². The summed E-state index contributed by atoms with van der Waals surface area (Å²) in [6.07, 6.45) is 5.99. The Bertz CT molecular complexity index is 634. The zero-order valence-corrected chi connectivity index (χ0v) is 12.8. The normalized spacial score (nSPS) is 20.8. The van der Waals surface area contributed by atoms with Gasteiger partial charge in [-0.15, -0.1) is 13.2 Å². The quantitative estimate of drug-likeness (QED) is 0.491. The van der Waals surface area contributed by atoms with Gasteiger partial charge >= 0.3 is 0 Å². The van der Waals surface area contributed by atoms with Gasteiger partial charge in [0.2, 0.25) is 0 Å². The predicted molar refractivity (Wildman–Crippen MR) is 91.4 cm³/mol. The van der Waals surface area contributed by atoms with Crippen LogP contribution >= 0.6 is 0 Å². The number of hydrogen-bond acceptors (Lipinski definition) is 0. The molecule has 0 nitrogen and oxygen atoms in total. The number of allylic oxidation sites excluding steroid dienone is 1. The van der Waals surface area contributed by atoms with E-state index in [-0.39, 0.29) is 0 Å². The standard InChI is InChI=1S/C16H14.C2H6.C2H4/c1-10-9-13-6-5-11-3-2-4-12-7-8-14(10)16(13)15(11)12;2*1-2/h2-8,10,13H,9H2,1H3;1-2H3;1-2H2. The lowest BCUT2D eigenvalue weighted by molar-refractivity contribution is 0.701. The zero-order chi connectivity index (χ0) is 14.7. The van der Waals surface area contributed by atoms with Crippen molar-refractivity contribution in [2.24, 2.45) is 0 Å². The van der Waals surface area contributed by atoms with E-state index in [2.05, 4.69) is 62.6 Å². The van der Waals surface area contributed by atoms with Crippen molar-refractivity contribution < 1.29 is 0 Å². The van der Waals surface area contributed by atoms with Gasteiger partial charge in [0, 0.05) is 5.92 Å². The third kappa shape index (κ3) is 2.10. The lowest BCUT2D eigenvalue weighted by Crippen LogP contribution is -1.96. The van der Waals surface area contributed by atoms with E-state index in [1.807, 2.05) is 13.8 Å². The van der Waals surface area contributed by atoms with Crippen molar-refractivity contribution in [2.45, 2.75) is 39.0 Å². The van der Waals surface area contributed by atoms with Gasteiger partial charge in [-0.25, -0.2) is 0 Å². The summed E-state index contributed by atoms with van der Waals surface area (Å²) >= 11 is 0. The Labute approximate surface area is 122 Å². The molecular weight excluding hydrogens is 240 g/mol. The lowest BCUT2D eigenvalue weighted by atomic mass is 9.87. The van der Waals surface area contributed by atoms with Gasteiger partial charge in [-0.2, -0.15) is 0 Å². The van der Waals surface area contributed by atoms with Crippen LogP contribution in [0.4, 0.5) is 0 Å². The molecule has 0 spiro atoms. The molecule has 2 atom stereocenters. The summed E-state index contributed by atoms with van der Waals surface area (Å²) in [5.74, 6) is 1.39. The van der Waals surface area contributed by atoms with Gasteiger partial charge in [0.1, 0.15) is 0 Å². The van der Waals surface area contributed by atoms with Crippen molar-refractivity contribution in [2.75, 3.05) is 0 Å². The SMILES string of the molecule is C=C.CC.CC1CC2C=Cc3cccc4ccc1c2c34. The first-order chi connectivity index (χ1) is 9.84. The number of rotatable bonds is 0. The largest absolute Gasteiger partial charge is 0.106 e. The molecule has 0 heteroatoms. The van der Waals surface area contributed by atoms with E-state index in [0.29, 0.717) is 5.92 Å². The van der Waals surface area contributed by atoms with Crippen LogP contribution in [0, 0.1) is 0 Å². The van der Waals surface area contributed by atoms with Gasteiger partial charge in [-0.05, 0) is 39.8 Å². The first-order valence-electron chi connectivity index (χ1n) is 7.58. The third-order valence-electron chi connectivity index (χ3n) is 4.17. The Morgan fingerprint density at radius 3 is 2.55 bits per heavy atom. The summed E-state index contributed by atoms with van der Waals surface area (Å²) in [5.41, 5.74) is 4.59. The van der Waals surface area contributed by atoms with Gasteiger partial charge < -0.3 is 0 Å². The summed E-state index contributed by atoms with van der Waals surface area (Å²) < 4.78 is 0. The van der Waals surface area contributed by atoms with E-state index in [0.717, 1.165) is 5.92 Å². The van der Waals surface area contributed by atoms with Crippen LogP contribution in [0.2, 0.25) is 0 Å². The molecule has 2 unspecified atom stereocenters. The maximum atomic E-state index is 3.00. The fourth-order valence-electron chi connectivity index (χ4n) is 3.44. The Morgan fingerprint density at radius 1 is 1.05 bits per heavy atom. The second-order valence-electron chi connectivity index (χ2n) is 5.12. The van der Waals surface area contributed by atoms with Gasteiger partial charge in [0.05, 0.1) is 0 Å². The first-order valence-corrected chi connectivity index (χ1v) is 7.58. The molecular formula is C20H24. The molecule has 0 amide bonds. The summed E-state index contributed by atoms with van der Waals surface area (Å²) in [7, 11) is 0. The highest BCUT2D eigenvalue weighted by Gasteiger charge is 2.30. The Balaban J connectivity index is 0.000000340. The average Bonchev–Trinajstić information content (AvgIpc) is 2.87. The molecule has 2 aromatic carbocycles. The molecule has 0 heterocycles. The van der Waals surface area contributed by atoms with Crippen molar-refractivity contribution in [3.8, 4) is 0 Å². The zero-order valence-electron chi connectivity index (χ0n) is 12.8. The minimum Gasteiger partial charge on any atom is -0.106 e. The highest BCUT2D eigenvalue weighted by molar-refractivity contribution is 5.97. The molecule has 0 fully saturated rings. The first kappa shape index (κ1) is 14.6. The minimum atomic E-state index is 0.670. The van der Waals surface area contributed by atoms with Crippen molar-refractivity contribution >= 4 is 16.8 Å². The van der Waals surface area contributed by atoms with E-state index in [1.54, 1.807) is 11.1 Å². The molecule has 4 rings (SSSR count). The van der Waals surface area contributed by atoms with E-state index in [1.165, 1.54) is 22.8 Å². The topological polar surface area (TPSA) is 0 Å².